The van der Waals surface area contributed by atoms with Crippen molar-refractivity contribution in [1.29, 1.82) is 0 Å². The fourth-order valence-electron chi connectivity index (χ4n) is 1.76. The number of hydrogen-bond acceptors (Lipinski definition) is 6. The fourth-order valence-corrected chi connectivity index (χ4v) is 2.48. The van der Waals surface area contributed by atoms with Crippen LogP contribution in [0.15, 0.2) is 23.4 Å². The maximum Gasteiger partial charge on any atom is 0.230 e. The number of rotatable bonds is 7. The van der Waals surface area contributed by atoms with Crippen LogP contribution in [-0.2, 0) is 9.53 Å². The molecular weight excluding hydrogens is 302 g/mol. The average molecular weight is 321 g/mol. The summed E-state index contributed by atoms with van der Waals surface area (Å²) in [6.45, 7) is 5.09. The molecule has 0 aliphatic heterocycles. The Morgan fingerprint density at radius 1 is 1.36 bits per heavy atom. The Morgan fingerprint density at radius 3 is 2.91 bits per heavy atom. The highest BCUT2D eigenvalue weighted by atomic mass is 32.2. The summed E-state index contributed by atoms with van der Waals surface area (Å²) in [5, 5.41) is 15.0. The molecule has 0 saturated heterocycles. The first-order valence-corrected chi connectivity index (χ1v) is 7.85. The van der Waals surface area contributed by atoms with Crippen molar-refractivity contribution in [3.8, 4) is 5.69 Å². The number of thioether (sulfide) groups is 1. The van der Waals surface area contributed by atoms with Gasteiger partial charge in [0.2, 0.25) is 11.1 Å². The van der Waals surface area contributed by atoms with E-state index in [4.69, 9.17) is 4.74 Å². The number of methoxy groups -OCH3 is 1. The molecule has 0 fully saturated rings. The number of ether oxygens (including phenoxy) is 1. The first-order valence-electron chi connectivity index (χ1n) is 6.86. The normalized spacial score (nSPS) is 10.7. The molecule has 0 aliphatic carbocycles. The van der Waals surface area contributed by atoms with Crippen LogP contribution in [0.1, 0.15) is 11.1 Å². The summed E-state index contributed by atoms with van der Waals surface area (Å²) in [6.07, 6.45) is 0. The molecule has 0 unspecified atom stereocenters. The van der Waals surface area contributed by atoms with Crippen LogP contribution in [0.25, 0.3) is 5.69 Å². The highest BCUT2D eigenvalue weighted by Crippen LogP contribution is 2.19. The van der Waals surface area contributed by atoms with Crippen LogP contribution in [0, 0.1) is 13.8 Å². The standard InChI is InChI=1S/C14H19N5O2S/c1-10-4-5-12(8-11(10)2)19-14(16-17-18-19)22-9-13(20)15-6-7-21-3/h4-5,8H,6-7,9H2,1-3H3,(H,15,20). The lowest BCUT2D eigenvalue weighted by atomic mass is 10.1. The van der Waals surface area contributed by atoms with Crippen molar-refractivity contribution in [2.75, 3.05) is 26.0 Å². The molecule has 8 heteroatoms. The topological polar surface area (TPSA) is 81.9 Å². The molecule has 0 aliphatic rings. The van der Waals surface area contributed by atoms with Crippen LogP contribution in [-0.4, -0.2) is 52.1 Å². The number of hydrogen-bond donors (Lipinski definition) is 1. The molecule has 1 N–H and O–H groups in total. The Labute approximate surface area is 133 Å². The minimum atomic E-state index is -0.0725. The Balaban J connectivity index is 2.00. The van der Waals surface area contributed by atoms with Crippen molar-refractivity contribution >= 4 is 17.7 Å². The number of benzene rings is 1. The molecule has 1 aromatic carbocycles. The first kappa shape index (κ1) is 16.4. The first-order chi connectivity index (χ1) is 10.6. The predicted octanol–water partition coefficient (Wildman–Crippen LogP) is 1.13. The highest BCUT2D eigenvalue weighted by molar-refractivity contribution is 7.99. The summed E-state index contributed by atoms with van der Waals surface area (Å²) in [4.78, 5) is 11.7. The summed E-state index contributed by atoms with van der Waals surface area (Å²) < 4.78 is 6.52. The maximum absolute atomic E-state index is 11.7. The van der Waals surface area contributed by atoms with Crippen molar-refractivity contribution in [2.24, 2.45) is 0 Å². The second-order valence-corrected chi connectivity index (χ2v) is 5.72. The number of carbonyl (C=O) groups is 1. The Morgan fingerprint density at radius 2 is 2.18 bits per heavy atom. The molecule has 1 amide bonds. The third kappa shape index (κ3) is 4.28. The second-order valence-electron chi connectivity index (χ2n) is 4.77. The van der Waals surface area contributed by atoms with Crippen LogP contribution in [0.4, 0.5) is 0 Å². The van der Waals surface area contributed by atoms with Gasteiger partial charge in [0.05, 0.1) is 18.0 Å². The van der Waals surface area contributed by atoms with Gasteiger partial charge in [0.1, 0.15) is 0 Å². The summed E-state index contributed by atoms with van der Waals surface area (Å²) >= 11 is 1.30. The van der Waals surface area contributed by atoms with Gasteiger partial charge in [-0.05, 0) is 47.5 Å². The van der Waals surface area contributed by atoms with E-state index in [1.165, 1.54) is 22.9 Å². The number of nitrogens with one attached hydrogen (secondary N) is 1. The summed E-state index contributed by atoms with van der Waals surface area (Å²) in [6, 6.07) is 6.01. The summed E-state index contributed by atoms with van der Waals surface area (Å²) in [5.41, 5.74) is 3.26. The third-order valence-corrected chi connectivity index (χ3v) is 4.06. The molecule has 0 spiro atoms. The number of carbonyl (C=O) groups excluding carboxylic acids is 1. The van der Waals surface area contributed by atoms with E-state index < -0.39 is 0 Å². The van der Waals surface area contributed by atoms with Crippen LogP contribution in [0.3, 0.4) is 0 Å². The molecule has 1 heterocycles. The largest absolute Gasteiger partial charge is 0.383 e. The number of tetrazole rings is 1. The van der Waals surface area contributed by atoms with Crippen molar-refractivity contribution in [2.45, 2.75) is 19.0 Å². The number of nitrogens with zero attached hydrogens (tertiary/aromatic N) is 4. The van der Waals surface area contributed by atoms with Crippen molar-refractivity contribution in [1.82, 2.24) is 25.5 Å². The van der Waals surface area contributed by atoms with Crippen molar-refractivity contribution in [3.05, 3.63) is 29.3 Å². The SMILES string of the molecule is COCCNC(=O)CSc1nnnn1-c1ccc(C)c(C)c1. The predicted molar refractivity (Wildman–Crippen MR) is 84.2 cm³/mol. The molecule has 7 nitrogen and oxygen atoms in total. The van der Waals surface area contributed by atoms with Crippen LogP contribution in [0.2, 0.25) is 0 Å². The van der Waals surface area contributed by atoms with Gasteiger partial charge >= 0.3 is 0 Å². The number of aromatic nitrogens is 4. The lowest BCUT2D eigenvalue weighted by molar-refractivity contribution is -0.118. The van der Waals surface area contributed by atoms with Crippen LogP contribution >= 0.6 is 11.8 Å². The molecule has 0 saturated carbocycles. The average Bonchev–Trinajstić information content (AvgIpc) is 2.97. The number of aryl methyl sites for hydroxylation is 2. The van der Waals surface area contributed by atoms with Gasteiger partial charge in [-0.25, -0.2) is 0 Å². The molecule has 118 valence electrons. The molecule has 0 radical (unpaired) electrons. The van der Waals surface area contributed by atoms with E-state index in [1.807, 2.05) is 25.1 Å². The van der Waals surface area contributed by atoms with Gasteiger partial charge in [0, 0.05) is 13.7 Å². The number of amides is 1. The van der Waals surface area contributed by atoms with Crippen molar-refractivity contribution in [3.63, 3.8) is 0 Å². The Hall–Kier alpha value is -1.93. The summed E-state index contributed by atoms with van der Waals surface area (Å²) in [7, 11) is 1.60. The Kier molecular flexibility index (Phi) is 5.91. The lowest BCUT2D eigenvalue weighted by Gasteiger charge is -2.07. The zero-order chi connectivity index (χ0) is 15.9. The van der Waals surface area contributed by atoms with Crippen LogP contribution < -0.4 is 5.32 Å². The van der Waals surface area contributed by atoms with Gasteiger partial charge < -0.3 is 10.1 Å². The second kappa shape index (κ2) is 7.90. The highest BCUT2D eigenvalue weighted by Gasteiger charge is 2.11. The fraction of sp³-hybridized carbons (Fsp3) is 0.429. The van der Waals surface area contributed by atoms with Gasteiger partial charge in [-0.3, -0.25) is 4.79 Å². The minimum absolute atomic E-state index is 0.0725. The van der Waals surface area contributed by atoms with Gasteiger partial charge in [0.15, 0.2) is 0 Å². The van der Waals surface area contributed by atoms with Gasteiger partial charge in [-0.2, -0.15) is 4.68 Å². The summed E-state index contributed by atoms with van der Waals surface area (Å²) in [5.74, 6) is 0.186. The van der Waals surface area contributed by atoms with Crippen LogP contribution in [0.5, 0.6) is 0 Å². The smallest absolute Gasteiger partial charge is 0.230 e. The molecule has 22 heavy (non-hydrogen) atoms. The van der Waals surface area contributed by atoms with Crippen molar-refractivity contribution < 1.29 is 9.53 Å². The van der Waals surface area contributed by atoms with E-state index in [-0.39, 0.29) is 11.7 Å². The van der Waals surface area contributed by atoms with Gasteiger partial charge in [0.25, 0.3) is 0 Å². The molecule has 0 bridgehead atoms. The molecule has 1 aromatic heterocycles. The van der Waals surface area contributed by atoms with Gasteiger partial charge in [-0.15, -0.1) is 5.10 Å². The van der Waals surface area contributed by atoms with E-state index in [0.717, 1.165) is 5.69 Å². The van der Waals surface area contributed by atoms with E-state index in [0.29, 0.717) is 18.3 Å². The van der Waals surface area contributed by atoms with Gasteiger partial charge in [-0.1, -0.05) is 17.8 Å². The Bertz CT molecular complexity index is 644. The quantitative estimate of drug-likeness (QED) is 0.608. The minimum Gasteiger partial charge on any atom is -0.383 e. The van der Waals surface area contributed by atoms with E-state index in [1.54, 1.807) is 11.8 Å². The van der Waals surface area contributed by atoms with E-state index >= 15 is 0 Å². The molecule has 2 rings (SSSR count). The third-order valence-electron chi connectivity index (χ3n) is 3.14. The lowest BCUT2D eigenvalue weighted by Crippen LogP contribution is -2.28. The molecular formula is C14H19N5O2S. The molecule has 2 aromatic rings. The molecule has 0 atom stereocenters. The zero-order valence-electron chi connectivity index (χ0n) is 12.9. The zero-order valence-corrected chi connectivity index (χ0v) is 13.7. The van der Waals surface area contributed by atoms with E-state index in [9.17, 15) is 4.79 Å². The van der Waals surface area contributed by atoms with E-state index in [2.05, 4.69) is 27.8 Å². The monoisotopic (exact) mass is 321 g/mol. The maximum atomic E-state index is 11.7.